The average Bonchev–Trinajstić information content (AvgIpc) is 2.99. The van der Waals surface area contributed by atoms with Gasteiger partial charge in [-0.15, -0.1) is 11.8 Å². The molecule has 0 saturated heterocycles. The van der Waals surface area contributed by atoms with Crippen molar-refractivity contribution in [1.82, 2.24) is 9.55 Å². The Morgan fingerprint density at radius 3 is 2.77 bits per heavy atom. The summed E-state index contributed by atoms with van der Waals surface area (Å²) in [5.41, 5.74) is 2.84. The summed E-state index contributed by atoms with van der Waals surface area (Å²) in [6.45, 7) is 0.437. The molecule has 3 nitrogen and oxygen atoms in total. The van der Waals surface area contributed by atoms with Crippen molar-refractivity contribution in [3.05, 3.63) is 60.3 Å². The molecule has 110 valence electrons. The average molecular weight is 312 g/mol. The molecule has 1 aromatic heterocycles. The predicted molar refractivity (Wildman–Crippen MR) is 85.1 cm³/mol. The van der Waals surface area contributed by atoms with E-state index < -0.39 is 0 Å². The van der Waals surface area contributed by atoms with Crippen LogP contribution < -0.4 is 4.74 Å². The number of hydrogen-bond donors (Lipinski definition) is 0. The summed E-state index contributed by atoms with van der Waals surface area (Å²) in [4.78, 5) is 5.59. The Morgan fingerprint density at radius 1 is 1.18 bits per heavy atom. The molecule has 1 aliphatic heterocycles. The third kappa shape index (κ3) is 2.09. The Balaban J connectivity index is 1.89. The molecule has 0 saturated carbocycles. The lowest BCUT2D eigenvalue weighted by Crippen LogP contribution is -2.14. The SMILES string of the molecule is CSc1ccc2c(c1)OCc1ncc(-c3ccc(F)cc3)n1-2. The minimum Gasteiger partial charge on any atom is -0.483 e. The van der Waals surface area contributed by atoms with Crippen LogP contribution in [-0.2, 0) is 6.61 Å². The Kier molecular flexibility index (Phi) is 3.15. The van der Waals surface area contributed by atoms with Gasteiger partial charge in [-0.3, -0.25) is 4.57 Å². The summed E-state index contributed by atoms with van der Waals surface area (Å²) in [5.74, 6) is 1.46. The van der Waals surface area contributed by atoms with Crippen LogP contribution in [0.3, 0.4) is 0 Å². The van der Waals surface area contributed by atoms with Gasteiger partial charge >= 0.3 is 0 Å². The van der Waals surface area contributed by atoms with Crippen LogP contribution in [-0.4, -0.2) is 15.8 Å². The van der Waals surface area contributed by atoms with Gasteiger partial charge in [0.1, 0.15) is 18.2 Å². The first-order valence-electron chi connectivity index (χ1n) is 6.90. The molecule has 2 aromatic carbocycles. The van der Waals surface area contributed by atoms with Crippen LogP contribution in [0.4, 0.5) is 4.39 Å². The minimum atomic E-state index is -0.240. The maximum Gasteiger partial charge on any atom is 0.151 e. The van der Waals surface area contributed by atoms with Crippen LogP contribution in [0.5, 0.6) is 5.75 Å². The van der Waals surface area contributed by atoms with Gasteiger partial charge in [0.15, 0.2) is 5.82 Å². The number of ether oxygens (including phenoxy) is 1. The first-order valence-corrected chi connectivity index (χ1v) is 8.12. The van der Waals surface area contributed by atoms with Gasteiger partial charge in [0.05, 0.1) is 17.6 Å². The smallest absolute Gasteiger partial charge is 0.151 e. The van der Waals surface area contributed by atoms with Gasteiger partial charge < -0.3 is 4.74 Å². The molecule has 0 atom stereocenters. The van der Waals surface area contributed by atoms with Crippen LogP contribution in [0.2, 0.25) is 0 Å². The molecule has 22 heavy (non-hydrogen) atoms. The summed E-state index contributed by atoms with van der Waals surface area (Å²) in [5, 5.41) is 0. The Bertz CT molecular complexity index is 842. The van der Waals surface area contributed by atoms with E-state index in [2.05, 4.69) is 15.6 Å². The summed E-state index contributed by atoms with van der Waals surface area (Å²) in [6, 6.07) is 12.6. The maximum atomic E-state index is 13.1. The maximum absolute atomic E-state index is 13.1. The summed E-state index contributed by atoms with van der Waals surface area (Å²) >= 11 is 1.68. The normalized spacial score (nSPS) is 12.5. The van der Waals surface area contributed by atoms with E-state index in [1.165, 1.54) is 12.1 Å². The highest BCUT2D eigenvalue weighted by molar-refractivity contribution is 7.98. The van der Waals surface area contributed by atoms with Gasteiger partial charge in [0, 0.05) is 10.5 Å². The molecule has 5 heteroatoms. The fraction of sp³-hybridized carbons (Fsp3) is 0.118. The molecule has 0 bridgehead atoms. The molecule has 4 rings (SSSR count). The summed E-state index contributed by atoms with van der Waals surface area (Å²) in [6.07, 6.45) is 3.85. The Hall–Kier alpha value is -2.27. The molecular formula is C17H13FN2OS. The first kappa shape index (κ1) is 13.4. The summed E-state index contributed by atoms with van der Waals surface area (Å²) in [7, 11) is 0. The Morgan fingerprint density at radius 2 is 2.00 bits per heavy atom. The number of hydrogen-bond acceptors (Lipinski definition) is 3. The Labute approximate surface area is 131 Å². The van der Waals surface area contributed by atoms with Crippen LogP contribution in [0.1, 0.15) is 5.82 Å². The largest absolute Gasteiger partial charge is 0.483 e. The molecule has 0 unspecified atom stereocenters. The highest BCUT2D eigenvalue weighted by Crippen LogP contribution is 2.36. The second-order valence-electron chi connectivity index (χ2n) is 5.02. The first-order chi connectivity index (χ1) is 10.8. The van der Waals surface area contributed by atoms with E-state index >= 15 is 0 Å². The van der Waals surface area contributed by atoms with Gasteiger partial charge in [0.2, 0.25) is 0 Å². The van der Waals surface area contributed by atoms with Gasteiger partial charge in [-0.25, -0.2) is 9.37 Å². The van der Waals surface area contributed by atoms with Crippen molar-refractivity contribution < 1.29 is 9.13 Å². The molecular weight excluding hydrogens is 299 g/mol. The predicted octanol–water partition coefficient (Wildman–Crippen LogP) is 4.29. The number of rotatable bonds is 2. The zero-order valence-electron chi connectivity index (χ0n) is 11.9. The van der Waals surface area contributed by atoms with E-state index in [4.69, 9.17) is 4.74 Å². The second kappa shape index (κ2) is 5.18. The lowest BCUT2D eigenvalue weighted by atomic mass is 10.1. The number of halogens is 1. The zero-order chi connectivity index (χ0) is 15.1. The molecule has 0 aliphatic carbocycles. The highest BCUT2D eigenvalue weighted by atomic mass is 32.2. The molecule has 2 heterocycles. The zero-order valence-corrected chi connectivity index (χ0v) is 12.7. The molecule has 0 radical (unpaired) electrons. The second-order valence-corrected chi connectivity index (χ2v) is 5.90. The molecule has 3 aromatic rings. The van der Waals surface area contributed by atoms with Crippen LogP contribution >= 0.6 is 11.8 Å². The quantitative estimate of drug-likeness (QED) is 0.660. The van der Waals surface area contributed by atoms with Crippen molar-refractivity contribution >= 4 is 11.8 Å². The van der Waals surface area contributed by atoms with Gasteiger partial charge in [-0.2, -0.15) is 0 Å². The van der Waals surface area contributed by atoms with Crippen molar-refractivity contribution in [2.75, 3.05) is 6.26 Å². The standard InChI is InChI=1S/C17H13FN2OS/c1-22-13-6-7-14-16(8-13)21-10-17-19-9-15(20(14)17)11-2-4-12(18)5-3-11/h2-9H,10H2,1H3. The van der Waals surface area contributed by atoms with Crippen LogP contribution in [0.25, 0.3) is 16.9 Å². The van der Waals surface area contributed by atoms with E-state index in [1.54, 1.807) is 23.9 Å². The van der Waals surface area contributed by atoms with E-state index in [0.29, 0.717) is 6.61 Å². The van der Waals surface area contributed by atoms with Crippen LogP contribution in [0, 0.1) is 5.82 Å². The summed E-state index contributed by atoms with van der Waals surface area (Å²) < 4.78 is 21.0. The monoisotopic (exact) mass is 312 g/mol. The molecule has 1 aliphatic rings. The number of thioether (sulfide) groups is 1. The van der Waals surface area contributed by atoms with Crippen molar-refractivity contribution in [3.63, 3.8) is 0 Å². The third-order valence-electron chi connectivity index (χ3n) is 3.74. The topological polar surface area (TPSA) is 27.1 Å². The fourth-order valence-corrected chi connectivity index (χ4v) is 3.08. The highest BCUT2D eigenvalue weighted by Gasteiger charge is 2.22. The van der Waals surface area contributed by atoms with Gasteiger partial charge in [-0.05, 0) is 48.7 Å². The number of benzene rings is 2. The molecule has 0 fully saturated rings. The van der Waals surface area contributed by atoms with Crippen molar-refractivity contribution in [1.29, 1.82) is 0 Å². The molecule has 0 amide bonds. The van der Waals surface area contributed by atoms with Crippen molar-refractivity contribution in [2.24, 2.45) is 0 Å². The van der Waals surface area contributed by atoms with E-state index in [9.17, 15) is 4.39 Å². The van der Waals surface area contributed by atoms with E-state index in [-0.39, 0.29) is 5.82 Å². The minimum absolute atomic E-state index is 0.240. The number of nitrogens with zero attached hydrogens (tertiary/aromatic N) is 2. The molecule has 0 N–H and O–H groups in total. The number of fused-ring (bicyclic) bond motifs is 3. The van der Waals surface area contributed by atoms with Gasteiger partial charge in [0.25, 0.3) is 0 Å². The number of aromatic nitrogens is 2. The van der Waals surface area contributed by atoms with Crippen molar-refractivity contribution in [2.45, 2.75) is 11.5 Å². The number of imidazole rings is 1. The van der Waals surface area contributed by atoms with E-state index in [0.717, 1.165) is 33.4 Å². The van der Waals surface area contributed by atoms with Gasteiger partial charge in [-0.1, -0.05) is 0 Å². The third-order valence-corrected chi connectivity index (χ3v) is 4.46. The van der Waals surface area contributed by atoms with Crippen LogP contribution in [0.15, 0.2) is 53.6 Å². The van der Waals surface area contributed by atoms with Crippen molar-refractivity contribution in [3.8, 4) is 22.7 Å². The fourth-order valence-electron chi connectivity index (χ4n) is 2.65. The lowest BCUT2D eigenvalue weighted by Gasteiger charge is -2.22. The van der Waals surface area contributed by atoms with E-state index in [1.807, 2.05) is 24.6 Å². The lowest BCUT2D eigenvalue weighted by molar-refractivity contribution is 0.279. The molecule has 0 spiro atoms.